The lowest BCUT2D eigenvalue weighted by atomic mass is 10.3. The van der Waals surface area contributed by atoms with Crippen LogP contribution >= 0.6 is 15.9 Å². The summed E-state index contributed by atoms with van der Waals surface area (Å²) >= 11 is 3.51. The third-order valence-electron chi connectivity index (χ3n) is 3.10. The lowest BCUT2D eigenvalue weighted by Gasteiger charge is -2.01. The molecule has 0 aliphatic heterocycles. The molecule has 0 aromatic carbocycles. The average Bonchev–Trinajstić information content (AvgIpc) is 3.09. The second-order valence-electron chi connectivity index (χ2n) is 4.39. The van der Waals surface area contributed by atoms with Crippen LogP contribution in [0.25, 0.3) is 17.0 Å². The molecular formula is C13H13BrN6O. The summed E-state index contributed by atoms with van der Waals surface area (Å²) in [6, 6.07) is 3.47. The second-order valence-corrected chi connectivity index (χ2v) is 5.24. The first-order chi connectivity index (χ1) is 10.1. The van der Waals surface area contributed by atoms with Crippen LogP contribution in [0.3, 0.4) is 0 Å². The number of rotatable bonds is 3. The van der Waals surface area contributed by atoms with Crippen LogP contribution in [-0.2, 0) is 6.54 Å². The number of hydrogen-bond donors (Lipinski definition) is 1. The number of aryl methyl sites for hydroxylation is 1. The highest BCUT2D eigenvalue weighted by Gasteiger charge is 2.16. The number of amides is 1. The standard InChI is InChI=1S/C13H13BrN6O/c1-3-19-7-8(14)12(18-19)10-4-5-16-11-6-9(13(21)15-2)17-20(10)11/h4-7H,3H2,1-2H3,(H,15,21). The van der Waals surface area contributed by atoms with Crippen LogP contribution in [0.2, 0.25) is 0 Å². The highest BCUT2D eigenvalue weighted by Crippen LogP contribution is 2.26. The smallest absolute Gasteiger partial charge is 0.271 e. The second kappa shape index (κ2) is 5.28. The summed E-state index contributed by atoms with van der Waals surface area (Å²) in [5, 5.41) is 11.4. The minimum atomic E-state index is -0.246. The zero-order valence-corrected chi connectivity index (χ0v) is 13.1. The maximum atomic E-state index is 11.7. The fourth-order valence-corrected chi connectivity index (χ4v) is 2.57. The van der Waals surface area contributed by atoms with Crippen LogP contribution in [0.15, 0.2) is 29.0 Å². The fourth-order valence-electron chi connectivity index (χ4n) is 2.05. The minimum Gasteiger partial charge on any atom is -0.354 e. The number of carbonyl (C=O) groups is 1. The van der Waals surface area contributed by atoms with Gasteiger partial charge in [0.05, 0.1) is 10.2 Å². The van der Waals surface area contributed by atoms with Crippen molar-refractivity contribution in [3.63, 3.8) is 0 Å². The number of hydrogen-bond acceptors (Lipinski definition) is 4. The Kier molecular flexibility index (Phi) is 3.46. The molecule has 0 spiro atoms. The Balaban J connectivity index is 2.20. The van der Waals surface area contributed by atoms with Crippen molar-refractivity contribution in [1.82, 2.24) is 29.7 Å². The van der Waals surface area contributed by atoms with Crippen molar-refractivity contribution in [2.75, 3.05) is 7.05 Å². The third kappa shape index (κ3) is 2.31. The summed E-state index contributed by atoms with van der Waals surface area (Å²) in [4.78, 5) is 15.9. The molecule has 7 nitrogen and oxygen atoms in total. The summed E-state index contributed by atoms with van der Waals surface area (Å²) in [5.74, 6) is -0.246. The van der Waals surface area contributed by atoms with Crippen LogP contribution in [0.4, 0.5) is 0 Å². The van der Waals surface area contributed by atoms with Crippen molar-refractivity contribution in [3.05, 3.63) is 34.7 Å². The zero-order valence-electron chi connectivity index (χ0n) is 11.5. The molecule has 0 saturated heterocycles. The Morgan fingerprint density at radius 3 is 2.90 bits per heavy atom. The summed E-state index contributed by atoms with van der Waals surface area (Å²) in [6.45, 7) is 2.79. The third-order valence-corrected chi connectivity index (χ3v) is 3.68. The zero-order chi connectivity index (χ0) is 15.0. The molecule has 3 aromatic rings. The Bertz CT molecular complexity index is 821. The van der Waals surface area contributed by atoms with Gasteiger partial charge in [0.1, 0.15) is 5.69 Å². The summed E-state index contributed by atoms with van der Waals surface area (Å²) < 4.78 is 4.32. The van der Waals surface area contributed by atoms with Gasteiger partial charge in [-0.05, 0) is 28.9 Å². The van der Waals surface area contributed by atoms with Gasteiger partial charge >= 0.3 is 0 Å². The average molecular weight is 349 g/mol. The lowest BCUT2D eigenvalue weighted by molar-refractivity contribution is 0.0958. The van der Waals surface area contributed by atoms with Crippen molar-refractivity contribution in [3.8, 4) is 11.4 Å². The molecule has 0 bridgehead atoms. The molecule has 0 radical (unpaired) electrons. The number of aromatic nitrogens is 5. The molecule has 3 rings (SSSR count). The van der Waals surface area contributed by atoms with Gasteiger partial charge in [0.2, 0.25) is 0 Å². The molecule has 0 aliphatic rings. The number of fused-ring (bicyclic) bond motifs is 1. The first kappa shape index (κ1) is 13.7. The van der Waals surface area contributed by atoms with E-state index in [1.54, 1.807) is 23.8 Å². The van der Waals surface area contributed by atoms with Crippen molar-refractivity contribution < 1.29 is 4.79 Å². The summed E-state index contributed by atoms with van der Waals surface area (Å²) in [6.07, 6.45) is 3.59. The van der Waals surface area contributed by atoms with E-state index in [1.807, 2.05) is 23.9 Å². The van der Waals surface area contributed by atoms with Gasteiger partial charge in [0.15, 0.2) is 11.3 Å². The predicted octanol–water partition coefficient (Wildman–Crippen LogP) is 1.73. The van der Waals surface area contributed by atoms with Gasteiger partial charge in [-0.2, -0.15) is 10.2 Å². The fraction of sp³-hybridized carbons (Fsp3) is 0.231. The van der Waals surface area contributed by atoms with Gasteiger partial charge in [-0.25, -0.2) is 9.50 Å². The molecule has 0 saturated carbocycles. The number of carbonyl (C=O) groups excluding carboxylic acids is 1. The molecule has 3 heterocycles. The normalized spacial score (nSPS) is 11.0. The molecule has 8 heteroatoms. The van der Waals surface area contributed by atoms with Crippen molar-refractivity contribution >= 4 is 27.5 Å². The monoisotopic (exact) mass is 348 g/mol. The number of nitrogens with one attached hydrogen (secondary N) is 1. The van der Waals surface area contributed by atoms with E-state index in [4.69, 9.17) is 0 Å². The summed E-state index contributed by atoms with van der Waals surface area (Å²) in [7, 11) is 1.57. The van der Waals surface area contributed by atoms with Crippen molar-refractivity contribution in [2.45, 2.75) is 13.5 Å². The minimum absolute atomic E-state index is 0.246. The van der Waals surface area contributed by atoms with E-state index in [0.29, 0.717) is 11.3 Å². The first-order valence-electron chi connectivity index (χ1n) is 6.44. The predicted molar refractivity (Wildman–Crippen MR) is 81.0 cm³/mol. The van der Waals surface area contributed by atoms with Crippen molar-refractivity contribution in [1.29, 1.82) is 0 Å². The van der Waals surface area contributed by atoms with E-state index in [0.717, 1.165) is 22.4 Å². The molecular weight excluding hydrogens is 336 g/mol. The van der Waals surface area contributed by atoms with E-state index in [2.05, 4.69) is 36.4 Å². The number of nitrogens with zero attached hydrogens (tertiary/aromatic N) is 5. The SMILES string of the molecule is CCn1cc(Br)c(-c2ccnc3cc(C(=O)NC)nn23)n1. The molecule has 1 N–H and O–H groups in total. The van der Waals surface area contributed by atoms with E-state index in [9.17, 15) is 4.79 Å². The Labute approximate surface area is 129 Å². The van der Waals surface area contributed by atoms with E-state index in [1.165, 1.54) is 0 Å². The highest BCUT2D eigenvalue weighted by atomic mass is 79.9. The van der Waals surface area contributed by atoms with Crippen LogP contribution in [0.1, 0.15) is 17.4 Å². The van der Waals surface area contributed by atoms with Gasteiger partial charge < -0.3 is 5.32 Å². The van der Waals surface area contributed by atoms with Gasteiger partial charge in [0, 0.05) is 32.1 Å². The van der Waals surface area contributed by atoms with Gasteiger partial charge in [-0.3, -0.25) is 9.48 Å². The molecule has 0 atom stereocenters. The van der Waals surface area contributed by atoms with Crippen LogP contribution in [-0.4, -0.2) is 37.3 Å². The van der Waals surface area contributed by atoms with Gasteiger partial charge in [-0.15, -0.1) is 0 Å². The molecule has 108 valence electrons. The Hall–Kier alpha value is -2.22. The Morgan fingerprint density at radius 2 is 2.24 bits per heavy atom. The molecule has 0 aliphatic carbocycles. The molecule has 3 aromatic heterocycles. The summed E-state index contributed by atoms with van der Waals surface area (Å²) in [5.41, 5.74) is 2.46. The molecule has 21 heavy (non-hydrogen) atoms. The van der Waals surface area contributed by atoms with E-state index in [-0.39, 0.29) is 5.91 Å². The van der Waals surface area contributed by atoms with Crippen LogP contribution in [0, 0.1) is 0 Å². The Morgan fingerprint density at radius 1 is 1.43 bits per heavy atom. The lowest BCUT2D eigenvalue weighted by Crippen LogP contribution is -2.18. The van der Waals surface area contributed by atoms with Gasteiger partial charge in [-0.1, -0.05) is 0 Å². The van der Waals surface area contributed by atoms with E-state index < -0.39 is 0 Å². The highest BCUT2D eigenvalue weighted by molar-refractivity contribution is 9.10. The first-order valence-corrected chi connectivity index (χ1v) is 7.23. The number of halogens is 1. The van der Waals surface area contributed by atoms with E-state index >= 15 is 0 Å². The molecule has 0 unspecified atom stereocenters. The topological polar surface area (TPSA) is 77.1 Å². The van der Waals surface area contributed by atoms with Gasteiger partial charge in [0.25, 0.3) is 5.91 Å². The largest absolute Gasteiger partial charge is 0.354 e. The quantitative estimate of drug-likeness (QED) is 0.781. The molecule has 1 amide bonds. The maximum absolute atomic E-state index is 11.7. The van der Waals surface area contributed by atoms with Crippen molar-refractivity contribution in [2.24, 2.45) is 0 Å². The maximum Gasteiger partial charge on any atom is 0.271 e. The van der Waals surface area contributed by atoms with Crippen LogP contribution < -0.4 is 5.32 Å². The molecule has 0 fully saturated rings. The van der Waals surface area contributed by atoms with Crippen LogP contribution in [0.5, 0.6) is 0 Å².